The number of nitrogen functional groups attached to an aromatic ring is 1. The lowest BCUT2D eigenvalue weighted by atomic mass is 10.2. The van der Waals surface area contributed by atoms with Crippen molar-refractivity contribution in [2.75, 3.05) is 5.73 Å². The monoisotopic (exact) mass is 297 g/mol. The van der Waals surface area contributed by atoms with E-state index in [-0.39, 0.29) is 18.0 Å². The molecule has 3 rings (SSSR count). The lowest BCUT2D eigenvalue weighted by Gasteiger charge is -2.06. The van der Waals surface area contributed by atoms with Crippen LogP contribution in [-0.4, -0.2) is 19.7 Å². The van der Waals surface area contributed by atoms with Gasteiger partial charge in [-0.2, -0.15) is 18.2 Å². The average Bonchev–Trinajstić information content (AvgIpc) is 2.93. The number of aromatic nitrogens is 4. The maximum absolute atomic E-state index is 12.7. The number of fused-ring (bicyclic) bond motifs is 1. The van der Waals surface area contributed by atoms with Crippen molar-refractivity contribution in [3.05, 3.63) is 35.5 Å². The zero-order chi connectivity index (χ0) is 15.2. The molecule has 2 heterocycles. The maximum Gasteiger partial charge on any atom is 0.416 e. The fourth-order valence-corrected chi connectivity index (χ4v) is 2.04. The fraction of sp³-hybridized carbons (Fsp3) is 0.250. The van der Waals surface area contributed by atoms with Gasteiger partial charge in [0.2, 0.25) is 11.8 Å². The third-order valence-electron chi connectivity index (χ3n) is 2.97. The normalized spacial score (nSPS) is 12.2. The molecule has 0 fully saturated rings. The Morgan fingerprint density at radius 3 is 2.67 bits per heavy atom. The molecule has 0 bridgehead atoms. The van der Waals surface area contributed by atoms with Gasteiger partial charge in [0.25, 0.3) is 0 Å². The number of nitrogens with two attached hydrogens (primary N) is 1. The summed E-state index contributed by atoms with van der Waals surface area (Å²) in [6.07, 6.45) is -4.42. The minimum absolute atomic E-state index is 0.0896. The van der Waals surface area contributed by atoms with Crippen LogP contribution >= 0.6 is 0 Å². The van der Waals surface area contributed by atoms with Crippen molar-refractivity contribution in [3.63, 3.8) is 0 Å². The minimum Gasteiger partial charge on any atom is -0.369 e. The Kier molecular flexibility index (Phi) is 2.85. The van der Waals surface area contributed by atoms with Crippen molar-refractivity contribution < 1.29 is 17.7 Å². The molecule has 0 unspecified atom stereocenters. The molecule has 9 heteroatoms. The molecule has 3 aromatic rings. The Balaban J connectivity index is 2.05. The van der Waals surface area contributed by atoms with Crippen LogP contribution in [0.3, 0.4) is 0 Å². The van der Waals surface area contributed by atoms with E-state index in [1.165, 1.54) is 10.6 Å². The Morgan fingerprint density at radius 1 is 1.29 bits per heavy atom. The summed E-state index contributed by atoms with van der Waals surface area (Å²) >= 11 is 0. The highest BCUT2D eigenvalue weighted by Crippen LogP contribution is 2.31. The second kappa shape index (κ2) is 4.47. The van der Waals surface area contributed by atoms with Crippen LogP contribution in [0.25, 0.3) is 11.0 Å². The summed E-state index contributed by atoms with van der Waals surface area (Å²) in [5, 5.41) is 3.73. The summed E-state index contributed by atoms with van der Waals surface area (Å²) in [6, 6.07) is 3.28. The predicted molar refractivity (Wildman–Crippen MR) is 67.3 cm³/mol. The van der Waals surface area contributed by atoms with Crippen LogP contribution in [0.15, 0.2) is 22.7 Å². The number of benzene rings is 1. The van der Waals surface area contributed by atoms with Crippen molar-refractivity contribution in [1.82, 2.24) is 19.7 Å². The van der Waals surface area contributed by atoms with Crippen molar-refractivity contribution >= 4 is 17.0 Å². The molecule has 0 saturated carbocycles. The zero-order valence-electron chi connectivity index (χ0n) is 10.8. The number of anilines is 1. The van der Waals surface area contributed by atoms with Gasteiger partial charge in [-0.05, 0) is 18.2 Å². The van der Waals surface area contributed by atoms with Crippen molar-refractivity contribution in [3.8, 4) is 0 Å². The Labute approximate surface area is 116 Å². The van der Waals surface area contributed by atoms with Gasteiger partial charge < -0.3 is 14.8 Å². The lowest BCUT2D eigenvalue weighted by molar-refractivity contribution is -0.137. The van der Waals surface area contributed by atoms with Gasteiger partial charge in [-0.3, -0.25) is 0 Å². The quantitative estimate of drug-likeness (QED) is 0.785. The molecule has 0 aliphatic heterocycles. The van der Waals surface area contributed by atoms with Gasteiger partial charge >= 0.3 is 6.18 Å². The molecular weight excluding hydrogens is 287 g/mol. The number of aryl methyl sites for hydroxylation is 1. The topological polar surface area (TPSA) is 82.8 Å². The number of nitrogens with zero attached hydrogens (tertiary/aromatic N) is 4. The van der Waals surface area contributed by atoms with Crippen LogP contribution in [0.1, 0.15) is 17.3 Å². The first-order valence-corrected chi connectivity index (χ1v) is 5.97. The highest BCUT2D eigenvalue weighted by Gasteiger charge is 2.31. The van der Waals surface area contributed by atoms with E-state index in [4.69, 9.17) is 10.3 Å². The second-order valence-corrected chi connectivity index (χ2v) is 4.49. The minimum atomic E-state index is -4.42. The molecule has 6 nitrogen and oxygen atoms in total. The smallest absolute Gasteiger partial charge is 0.369 e. The Bertz CT molecular complexity index is 805. The van der Waals surface area contributed by atoms with Gasteiger partial charge in [0, 0.05) is 6.92 Å². The van der Waals surface area contributed by atoms with E-state index in [0.29, 0.717) is 17.2 Å². The molecule has 0 aliphatic rings. The molecule has 0 spiro atoms. The van der Waals surface area contributed by atoms with Crippen LogP contribution < -0.4 is 5.73 Å². The number of hydrogen-bond donors (Lipinski definition) is 1. The number of hydrogen-bond acceptors (Lipinski definition) is 5. The van der Waals surface area contributed by atoms with E-state index in [1.54, 1.807) is 6.92 Å². The van der Waals surface area contributed by atoms with E-state index in [1.807, 2.05) is 0 Å². The molecule has 1 aromatic carbocycles. The zero-order valence-corrected chi connectivity index (χ0v) is 10.8. The van der Waals surface area contributed by atoms with Crippen LogP contribution in [0, 0.1) is 6.92 Å². The standard InChI is InChI=1S/C12H10F3N5O/c1-6-17-10(19-21-6)5-20-9-3-2-7(12(13,14)15)4-8(9)18-11(20)16/h2-4H,5H2,1H3,(H2,16,18). The SMILES string of the molecule is Cc1nc(Cn2c(N)nc3cc(C(F)(F)F)ccc32)no1. The van der Waals surface area contributed by atoms with E-state index >= 15 is 0 Å². The lowest BCUT2D eigenvalue weighted by Crippen LogP contribution is -2.06. The number of imidazole rings is 1. The molecule has 0 atom stereocenters. The van der Waals surface area contributed by atoms with E-state index in [2.05, 4.69) is 15.1 Å². The molecule has 0 aliphatic carbocycles. The van der Waals surface area contributed by atoms with Gasteiger partial charge in [0.15, 0.2) is 5.82 Å². The third kappa shape index (κ3) is 2.41. The van der Waals surface area contributed by atoms with Crippen molar-refractivity contribution in [2.45, 2.75) is 19.6 Å². The van der Waals surface area contributed by atoms with Crippen molar-refractivity contribution in [1.29, 1.82) is 0 Å². The molecule has 21 heavy (non-hydrogen) atoms. The van der Waals surface area contributed by atoms with Crippen molar-refractivity contribution in [2.24, 2.45) is 0 Å². The van der Waals surface area contributed by atoms with Crippen LogP contribution in [0.4, 0.5) is 19.1 Å². The Morgan fingerprint density at radius 2 is 2.05 bits per heavy atom. The summed E-state index contributed by atoms with van der Waals surface area (Å²) in [4.78, 5) is 7.97. The highest BCUT2D eigenvalue weighted by molar-refractivity contribution is 5.79. The van der Waals surface area contributed by atoms with Gasteiger partial charge in [-0.1, -0.05) is 5.16 Å². The molecule has 2 aromatic heterocycles. The molecule has 0 radical (unpaired) electrons. The number of alkyl halides is 3. The summed E-state index contributed by atoms with van der Waals surface area (Å²) in [5.74, 6) is 0.859. The first kappa shape index (κ1) is 13.4. The summed E-state index contributed by atoms with van der Waals surface area (Å²) in [7, 11) is 0. The average molecular weight is 297 g/mol. The first-order chi connectivity index (χ1) is 9.84. The van der Waals surface area contributed by atoms with Gasteiger partial charge in [-0.15, -0.1) is 0 Å². The van der Waals surface area contributed by atoms with E-state index < -0.39 is 11.7 Å². The summed E-state index contributed by atoms with van der Waals surface area (Å²) in [5.41, 5.74) is 5.63. The van der Waals surface area contributed by atoms with E-state index in [0.717, 1.165) is 12.1 Å². The summed E-state index contributed by atoms with van der Waals surface area (Å²) < 4.78 is 44.4. The van der Waals surface area contributed by atoms with Crippen LogP contribution in [-0.2, 0) is 12.7 Å². The number of halogens is 3. The fourth-order valence-electron chi connectivity index (χ4n) is 2.04. The molecule has 110 valence electrons. The van der Waals surface area contributed by atoms with Crippen LogP contribution in [0.2, 0.25) is 0 Å². The van der Waals surface area contributed by atoms with Gasteiger partial charge in [-0.25, -0.2) is 4.98 Å². The molecule has 0 amide bonds. The second-order valence-electron chi connectivity index (χ2n) is 4.49. The van der Waals surface area contributed by atoms with E-state index in [9.17, 15) is 13.2 Å². The maximum atomic E-state index is 12.7. The first-order valence-electron chi connectivity index (χ1n) is 5.97. The largest absolute Gasteiger partial charge is 0.416 e. The molecule has 2 N–H and O–H groups in total. The molecular formula is C12H10F3N5O. The third-order valence-corrected chi connectivity index (χ3v) is 2.97. The molecule has 0 saturated heterocycles. The number of rotatable bonds is 2. The Hall–Kier alpha value is -2.58. The summed E-state index contributed by atoms with van der Waals surface area (Å²) in [6.45, 7) is 1.81. The van der Waals surface area contributed by atoms with Gasteiger partial charge in [0.05, 0.1) is 23.1 Å². The van der Waals surface area contributed by atoms with Crippen LogP contribution in [0.5, 0.6) is 0 Å². The predicted octanol–water partition coefficient (Wildman–Crippen LogP) is 2.38. The van der Waals surface area contributed by atoms with Gasteiger partial charge in [0.1, 0.15) is 0 Å². The highest BCUT2D eigenvalue weighted by atomic mass is 19.4.